The van der Waals surface area contributed by atoms with E-state index in [0.29, 0.717) is 5.78 Å². The molecule has 1 amide bonds. The minimum Gasteiger partial charge on any atom is -0.366 e. The smallest absolute Gasteiger partial charge is 0.254 e. The van der Waals surface area contributed by atoms with E-state index in [1.807, 2.05) is 56.3 Å². The number of hydrogen-bond acceptors (Lipinski definition) is 7. The fraction of sp³-hybridized carbons (Fsp3) is 0.190. The standard InChI is InChI=1S/C21H21N7OS/c1-13-17(14(2)28-21(24-13)26-20(22)27-28)11-18(29)25-16-7-5-6-15(10-16)12-30-19-8-3-4-9-23-19/h3-10H,11-12H2,1-2H3,(H2,22,27)(H,25,29). The lowest BCUT2D eigenvalue weighted by atomic mass is 10.1. The van der Waals surface area contributed by atoms with Gasteiger partial charge in [0.15, 0.2) is 0 Å². The van der Waals surface area contributed by atoms with Crippen LogP contribution in [-0.4, -0.2) is 30.5 Å². The number of nitrogens with two attached hydrogens (primary N) is 1. The van der Waals surface area contributed by atoms with Gasteiger partial charge < -0.3 is 11.1 Å². The first kappa shape index (κ1) is 19.8. The van der Waals surface area contributed by atoms with Crippen molar-refractivity contribution in [3.8, 4) is 0 Å². The maximum atomic E-state index is 12.7. The van der Waals surface area contributed by atoms with E-state index in [4.69, 9.17) is 5.73 Å². The number of carbonyl (C=O) groups is 1. The molecule has 4 rings (SSSR count). The molecule has 0 saturated heterocycles. The number of rotatable bonds is 6. The lowest BCUT2D eigenvalue weighted by Gasteiger charge is -2.11. The van der Waals surface area contributed by atoms with E-state index < -0.39 is 0 Å². The number of benzene rings is 1. The van der Waals surface area contributed by atoms with Gasteiger partial charge in [-0.3, -0.25) is 4.79 Å². The van der Waals surface area contributed by atoms with Gasteiger partial charge in [0.25, 0.3) is 5.78 Å². The van der Waals surface area contributed by atoms with Crippen molar-refractivity contribution in [3.05, 3.63) is 71.2 Å². The number of amides is 1. The number of fused-ring (bicyclic) bond motifs is 1. The molecule has 152 valence electrons. The third-order valence-electron chi connectivity index (χ3n) is 4.64. The highest BCUT2D eigenvalue weighted by atomic mass is 32.2. The molecule has 0 bridgehead atoms. The van der Waals surface area contributed by atoms with Crippen LogP contribution in [0.25, 0.3) is 5.78 Å². The predicted octanol–water partition coefficient (Wildman–Crippen LogP) is 3.19. The van der Waals surface area contributed by atoms with E-state index in [9.17, 15) is 4.79 Å². The molecule has 8 nitrogen and oxygen atoms in total. The molecule has 0 atom stereocenters. The topological polar surface area (TPSA) is 111 Å². The van der Waals surface area contributed by atoms with Crippen LogP contribution in [0.15, 0.2) is 53.7 Å². The van der Waals surface area contributed by atoms with Crippen molar-refractivity contribution in [2.24, 2.45) is 0 Å². The van der Waals surface area contributed by atoms with Crippen LogP contribution in [0.5, 0.6) is 0 Å². The van der Waals surface area contributed by atoms with E-state index in [1.165, 1.54) is 0 Å². The summed E-state index contributed by atoms with van der Waals surface area (Å²) in [6, 6.07) is 13.7. The Balaban J connectivity index is 1.45. The number of nitrogens with zero attached hydrogens (tertiary/aromatic N) is 5. The van der Waals surface area contributed by atoms with Crippen molar-refractivity contribution < 1.29 is 4.79 Å². The molecule has 9 heteroatoms. The molecule has 4 aromatic rings. The molecular weight excluding hydrogens is 398 g/mol. The van der Waals surface area contributed by atoms with Gasteiger partial charge in [0.05, 0.1) is 11.4 Å². The number of anilines is 2. The highest BCUT2D eigenvalue weighted by Crippen LogP contribution is 2.22. The molecule has 3 heterocycles. The molecule has 1 aromatic carbocycles. The Hall–Kier alpha value is -3.46. The number of nitrogens with one attached hydrogen (secondary N) is 1. The minimum absolute atomic E-state index is 0.120. The van der Waals surface area contributed by atoms with Gasteiger partial charge in [-0.15, -0.1) is 16.9 Å². The van der Waals surface area contributed by atoms with Crippen molar-refractivity contribution >= 4 is 35.1 Å². The maximum absolute atomic E-state index is 12.7. The summed E-state index contributed by atoms with van der Waals surface area (Å²) < 4.78 is 1.57. The number of nitrogen functional groups attached to an aromatic ring is 1. The summed E-state index contributed by atoms with van der Waals surface area (Å²) in [5, 5.41) is 8.09. The Labute approximate surface area is 178 Å². The van der Waals surface area contributed by atoms with Crippen LogP contribution in [0.4, 0.5) is 11.6 Å². The van der Waals surface area contributed by atoms with E-state index in [1.54, 1.807) is 22.5 Å². The van der Waals surface area contributed by atoms with E-state index >= 15 is 0 Å². The van der Waals surface area contributed by atoms with Crippen LogP contribution in [0, 0.1) is 13.8 Å². The van der Waals surface area contributed by atoms with Gasteiger partial charge in [-0.25, -0.2) is 9.97 Å². The molecule has 3 N–H and O–H groups in total. The van der Waals surface area contributed by atoms with Crippen LogP contribution in [0.3, 0.4) is 0 Å². The first-order valence-electron chi connectivity index (χ1n) is 9.40. The zero-order valence-electron chi connectivity index (χ0n) is 16.7. The zero-order valence-corrected chi connectivity index (χ0v) is 17.5. The first-order chi connectivity index (χ1) is 14.5. The first-order valence-corrected chi connectivity index (χ1v) is 10.4. The summed E-state index contributed by atoms with van der Waals surface area (Å²) in [7, 11) is 0. The molecule has 30 heavy (non-hydrogen) atoms. The summed E-state index contributed by atoms with van der Waals surface area (Å²) in [6.07, 6.45) is 1.97. The molecule has 0 aliphatic carbocycles. The normalized spacial score (nSPS) is 11.0. The van der Waals surface area contributed by atoms with Crippen molar-refractivity contribution in [2.45, 2.75) is 31.0 Å². The second kappa shape index (κ2) is 8.50. The van der Waals surface area contributed by atoms with E-state index in [2.05, 4.69) is 25.4 Å². The third-order valence-corrected chi connectivity index (χ3v) is 5.65. The summed E-state index contributed by atoms with van der Waals surface area (Å²) in [6.45, 7) is 3.74. The number of pyridine rings is 1. The van der Waals surface area contributed by atoms with Gasteiger partial charge in [-0.05, 0) is 43.7 Å². The zero-order chi connectivity index (χ0) is 21.1. The molecule has 0 unspecified atom stereocenters. The lowest BCUT2D eigenvalue weighted by molar-refractivity contribution is -0.115. The van der Waals surface area contributed by atoms with Crippen molar-refractivity contribution in [3.63, 3.8) is 0 Å². The number of thioether (sulfide) groups is 1. The second-order valence-electron chi connectivity index (χ2n) is 6.82. The third kappa shape index (κ3) is 4.41. The fourth-order valence-electron chi connectivity index (χ4n) is 3.17. The number of hydrogen-bond donors (Lipinski definition) is 2. The predicted molar refractivity (Wildman–Crippen MR) is 117 cm³/mol. The number of aryl methyl sites for hydroxylation is 2. The summed E-state index contributed by atoms with van der Waals surface area (Å²) in [5.74, 6) is 1.24. The van der Waals surface area contributed by atoms with Crippen LogP contribution in [-0.2, 0) is 17.0 Å². The Morgan fingerprint density at radius 3 is 2.83 bits per heavy atom. The van der Waals surface area contributed by atoms with Crippen LogP contribution in [0.2, 0.25) is 0 Å². The van der Waals surface area contributed by atoms with Gasteiger partial charge in [-0.1, -0.05) is 18.2 Å². The van der Waals surface area contributed by atoms with Crippen molar-refractivity contribution in [2.75, 3.05) is 11.1 Å². The summed E-state index contributed by atoms with van der Waals surface area (Å²) in [4.78, 5) is 25.5. The van der Waals surface area contributed by atoms with Gasteiger partial charge in [0.2, 0.25) is 11.9 Å². The Kier molecular flexibility index (Phi) is 5.62. The van der Waals surface area contributed by atoms with E-state index in [-0.39, 0.29) is 18.3 Å². The summed E-state index contributed by atoms with van der Waals surface area (Å²) >= 11 is 1.65. The number of aromatic nitrogens is 5. The number of carbonyl (C=O) groups excluding carboxylic acids is 1. The monoisotopic (exact) mass is 419 g/mol. The Morgan fingerprint density at radius 2 is 2.03 bits per heavy atom. The van der Waals surface area contributed by atoms with Crippen molar-refractivity contribution in [1.82, 2.24) is 24.6 Å². The highest BCUT2D eigenvalue weighted by molar-refractivity contribution is 7.98. The molecule has 0 aliphatic heterocycles. The Morgan fingerprint density at radius 1 is 1.17 bits per heavy atom. The largest absolute Gasteiger partial charge is 0.366 e. The summed E-state index contributed by atoms with van der Waals surface area (Å²) in [5.41, 5.74) is 9.89. The van der Waals surface area contributed by atoms with Crippen molar-refractivity contribution in [1.29, 1.82) is 0 Å². The van der Waals surface area contributed by atoms with Gasteiger partial charge >= 0.3 is 0 Å². The van der Waals surface area contributed by atoms with Crippen LogP contribution in [0.1, 0.15) is 22.5 Å². The molecule has 0 aliphatic rings. The molecule has 0 fully saturated rings. The lowest BCUT2D eigenvalue weighted by Crippen LogP contribution is -2.17. The quantitative estimate of drug-likeness (QED) is 0.462. The average Bonchev–Trinajstić information content (AvgIpc) is 3.11. The molecule has 3 aromatic heterocycles. The Bertz CT molecular complexity index is 1210. The average molecular weight is 420 g/mol. The molecule has 0 radical (unpaired) electrons. The second-order valence-corrected chi connectivity index (χ2v) is 7.82. The molecule has 0 saturated carbocycles. The molecule has 0 spiro atoms. The molecular formula is C21H21N7OS. The highest BCUT2D eigenvalue weighted by Gasteiger charge is 2.15. The van der Waals surface area contributed by atoms with Crippen LogP contribution < -0.4 is 11.1 Å². The van der Waals surface area contributed by atoms with Crippen LogP contribution >= 0.6 is 11.8 Å². The van der Waals surface area contributed by atoms with Gasteiger partial charge in [0, 0.05) is 34.6 Å². The maximum Gasteiger partial charge on any atom is 0.254 e. The van der Waals surface area contributed by atoms with Gasteiger partial charge in [0.1, 0.15) is 0 Å². The SMILES string of the molecule is Cc1nc2nc(N)nn2c(C)c1CC(=O)Nc1cccc(CSc2ccccn2)c1. The minimum atomic E-state index is -0.120. The van der Waals surface area contributed by atoms with Gasteiger partial charge in [-0.2, -0.15) is 9.50 Å². The fourth-order valence-corrected chi connectivity index (χ4v) is 3.98. The van der Waals surface area contributed by atoms with E-state index in [0.717, 1.165) is 39.0 Å².